The van der Waals surface area contributed by atoms with Crippen LogP contribution < -0.4 is 5.32 Å². The molecule has 0 aliphatic carbocycles. The molecule has 0 aromatic carbocycles. The van der Waals surface area contributed by atoms with Crippen molar-refractivity contribution in [1.82, 2.24) is 10.3 Å². The number of pyridine rings is 1. The van der Waals surface area contributed by atoms with Crippen molar-refractivity contribution in [3.8, 4) is 0 Å². The first-order valence-corrected chi connectivity index (χ1v) is 4.14. The molecule has 1 unspecified atom stereocenters. The van der Waals surface area contributed by atoms with Crippen LogP contribution in [0.1, 0.15) is 23.9 Å². The summed E-state index contributed by atoms with van der Waals surface area (Å²) in [4.78, 5) is 4.16. The van der Waals surface area contributed by atoms with Crippen molar-refractivity contribution in [3.05, 3.63) is 29.3 Å². The maximum Gasteiger partial charge on any atom is 0.144 e. The summed E-state index contributed by atoms with van der Waals surface area (Å²) in [7, 11) is 0. The van der Waals surface area contributed by atoms with Crippen LogP contribution in [0.15, 0.2) is 12.1 Å². The zero-order valence-corrected chi connectivity index (χ0v) is 6.97. The minimum absolute atomic E-state index is 0.224. The summed E-state index contributed by atoms with van der Waals surface area (Å²) in [5.41, 5.74) is 1.45. The lowest BCUT2D eigenvalue weighted by Gasteiger charge is -2.27. The van der Waals surface area contributed by atoms with E-state index >= 15 is 0 Å². The number of rotatable bonds is 1. The van der Waals surface area contributed by atoms with Gasteiger partial charge in [0.2, 0.25) is 0 Å². The van der Waals surface area contributed by atoms with E-state index in [2.05, 4.69) is 10.3 Å². The van der Waals surface area contributed by atoms with E-state index in [0.29, 0.717) is 11.7 Å². The zero-order valence-electron chi connectivity index (χ0n) is 6.97. The van der Waals surface area contributed by atoms with Crippen LogP contribution in [0.2, 0.25) is 0 Å². The molecule has 0 saturated carbocycles. The molecule has 1 aliphatic heterocycles. The molecule has 3 heteroatoms. The number of hydrogen-bond donors (Lipinski definition) is 1. The lowest BCUT2D eigenvalue weighted by atomic mass is 10.0. The summed E-state index contributed by atoms with van der Waals surface area (Å²) in [6.07, 6.45) is 1.11. The van der Waals surface area contributed by atoms with Crippen LogP contribution in [-0.4, -0.2) is 11.5 Å². The molecule has 1 fully saturated rings. The Morgan fingerprint density at radius 2 is 2.33 bits per heavy atom. The van der Waals surface area contributed by atoms with Gasteiger partial charge in [0.15, 0.2) is 0 Å². The van der Waals surface area contributed by atoms with Crippen LogP contribution in [0.25, 0.3) is 0 Å². The fourth-order valence-electron chi connectivity index (χ4n) is 1.30. The highest BCUT2D eigenvalue weighted by Crippen LogP contribution is 2.21. The summed E-state index contributed by atoms with van der Waals surface area (Å²) >= 11 is 0. The Morgan fingerprint density at radius 1 is 1.58 bits per heavy atom. The molecule has 1 N–H and O–H groups in total. The second-order valence-corrected chi connectivity index (χ2v) is 3.10. The Morgan fingerprint density at radius 3 is 2.83 bits per heavy atom. The molecular formula is C9H11FN2. The SMILES string of the molecule is Cc1nc(C2CCN2)ccc1F. The van der Waals surface area contributed by atoms with E-state index in [1.54, 1.807) is 13.0 Å². The summed E-state index contributed by atoms with van der Waals surface area (Å²) < 4.78 is 12.8. The average molecular weight is 166 g/mol. The third-order valence-electron chi connectivity index (χ3n) is 2.22. The number of nitrogens with one attached hydrogen (secondary N) is 1. The molecule has 1 aliphatic rings. The molecular weight excluding hydrogens is 155 g/mol. The Labute approximate surface area is 70.8 Å². The van der Waals surface area contributed by atoms with Crippen LogP contribution in [0.5, 0.6) is 0 Å². The van der Waals surface area contributed by atoms with Gasteiger partial charge in [-0.25, -0.2) is 4.39 Å². The normalized spacial score (nSPS) is 22.0. The Kier molecular flexibility index (Phi) is 1.81. The highest BCUT2D eigenvalue weighted by Gasteiger charge is 2.19. The number of aromatic nitrogens is 1. The monoisotopic (exact) mass is 166 g/mol. The first kappa shape index (κ1) is 7.68. The molecule has 0 spiro atoms. The number of aryl methyl sites for hydroxylation is 1. The van der Waals surface area contributed by atoms with Gasteiger partial charge in [-0.15, -0.1) is 0 Å². The predicted molar refractivity (Wildman–Crippen MR) is 44.3 cm³/mol. The van der Waals surface area contributed by atoms with Crippen molar-refractivity contribution in [2.75, 3.05) is 6.54 Å². The Bertz CT molecular complexity index is 295. The van der Waals surface area contributed by atoms with Gasteiger partial charge in [-0.1, -0.05) is 0 Å². The highest BCUT2D eigenvalue weighted by atomic mass is 19.1. The molecule has 2 rings (SSSR count). The summed E-state index contributed by atoms with van der Waals surface area (Å²) in [6.45, 7) is 2.74. The molecule has 2 nitrogen and oxygen atoms in total. The van der Waals surface area contributed by atoms with Gasteiger partial charge in [-0.3, -0.25) is 4.98 Å². The van der Waals surface area contributed by atoms with Crippen LogP contribution in [-0.2, 0) is 0 Å². The van der Waals surface area contributed by atoms with Crippen LogP contribution in [0.4, 0.5) is 4.39 Å². The second kappa shape index (κ2) is 2.83. The third-order valence-corrected chi connectivity index (χ3v) is 2.22. The van der Waals surface area contributed by atoms with Crippen molar-refractivity contribution in [3.63, 3.8) is 0 Å². The lowest BCUT2D eigenvalue weighted by molar-refractivity contribution is 0.373. The molecule has 0 radical (unpaired) electrons. The van der Waals surface area contributed by atoms with E-state index in [0.717, 1.165) is 18.7 Å². The molecule has 1 atom stereocenters. The van der Waals surface area contributed by atoms with Gasteiger partial charge in [0.1, 0.15) is 5.82 Å². The van der Waals surface area contributed by atoms with E-state index in [-0.39, 0.29) is 5.82 Å². The van der Waals surface area contributed by atoms with E-state index < -0.39 is 0 Å². The number of halogens is 1. The van der Waals surface area contributed by atoms with Crippen LogP contribution >= 0.6 is 0 Å². The number of hydrogen-bond acceptors (Lipinski definition) is 2. The molecule has 1 saturated heterocycles. The van der Waals surface area contributed by atoms with Crippen molar-refractivity contribution in [2.45, 2.75) is 19.4 Å². The van der Waals surface area contributed by atoms with E-state index in [1.165, 1.54) is 6.07 Å². The minimum atomic E-state index is -0.224. The first-order valence-electron chi connectivity index (χ1n) is 4.14. The van der Waals surface area contributed by atoms with Crippen molar-refractivity contribution < 1.29 is 4.39 Å². The van der Waals surface area contributed by atoms with Crippen molar-refractivity contribution in [2.24, 2.45) is 0 Å². The molecule has 1 aromatic heterocycles. The fourth-order valence-corrected chi connectivity index (χ4v) is 1.30. The van der Waals surface area contributed by atoms with E-state index in [1.807, 2.05) is 0 Å². The summed E-state index contributed by atoms with van der Waals surface area (Å²) in [6, 6.07) is 3.58. The van der Waals surface area contributed by atoms with Crippen LogP contribution in [0.3, 0.4) is 0 Å². The fraction of sp³-hybridized carbons (Fsp3) is 0.444. The maximum atomic E-state index is 12.8. The largest absolute Gasteiger partial charge is 0.309 e. The van der Waals surface area contributed by atoms with Gasteiger partial charge in [0.05, 0.1) is 17.4 Å². The van der Waals surface area contributed by atoms with Gasteiger partial charge in [0.25, 0.3) is 0 Å². The van der Waals surface area contributed by atoms with Gasteiger partial charge < -0.3 is 5.32 Å². The summed E-state index contributed by atoms with van der Waals surface area (Å²) in [5.74, 6) is -0.224. The maximum absolute atomic E-state index is 12.8. The topological polar surface area (TPSA) is 24.9 Å². The molecule has 0 amide bonds. The minimum Gasteiger partial charge on any atom is -0.309 e. The average Bonchev–Trinajstić information content (AvgIpc) is 1.93. The Hall–Kier alpha value is -0.960. The van der Waals surface area contributed by atoms with E-state index in [4.69, 9.17) is 0 Å². The van der Waals surface area contributed by atoms with Crippen LogP contribution in [0, 0.1) is 12.7 Å². The molecule has 1 aromatic rings. The predicted octanol–water partition coefficient (Wildman–Crippen LogP) is 1.56. The van der Waals surface area contributed by atoms with Gasteiger partial charge in [-0.2, -0.15) is 0 Å². The van der Waals surface area contributed by atoms with Crippen molar-refractivity contribution in [1.29, 1.82) is 0 Å². The standard InChI is InChI=1S/C9H11FN2/c1-6-7(10)2-3-9(12-6)8-4-5-11-8/h2-3,8,11H,4-5H2,1H3. The molecule has 12 heavy (non-hydrogen) atoms. The van der Waals surface area contributed by atoms with Gasteiger partial charge in [0, 0.05) is 0 Å². The van der Waals surface area contributed by atoms with E-state index in [9.17, 15) is 4.39 Å². The smallest absolute Gasteiger partial charge is 0.144 e. The molecule has 2 heterocycles. The second-order valence-electron chi connectivity index (χ2n) is 3.10. The zero-order chi connectivity index (χ0) is 8.55. The molecule has 64 valence electrons. The van der Waals surface area contributed by atoms with Gasteiger partial charge >= 0.3 is 0 Å². The highest BCUT2D eigenvalue weighted by molar-refractivity contribution is 5.16. The van der Waals surface area contributed by atoms with Gasteiger partial charge in [-0.05, 0) is 32.0 Å². The number of nitrogens with zero attached hydrogens (tertiary/aromatic N) is 1. The lowest BCUT2D eigenvalue weighted by Crippen LogP contribution is -2.35. The Balaban J connectivity index is 2.27. The summed E-state index contributed by atoms with van der Waals surface area (Å²) in [5, 5.41) is 3.22. The first-order chi connectivity index (χ1) is 5.77. The third kappa shape index (κ3) is 1.20. The van der Waals surface area contributed by atoms with Crippen molar-refractivity contribution >= 4 is 0 Å². The molecule has 0 bridgehead atoms. The quantitative estimate of drug-likeness (QED) is 0.684.